The average molecular weight is 1100 g/mol. The van der Waals surface area contributed by atoms with Crippen LogP contribution in [0.15, 0.2) is 144 Å². The quantitative estimate of drug-likeness (QED) is 0.107. The fourth-order valence-electron chi connectivity index (χ4n) is 10.4. The van der Waals surface area contributed by atoms with E-state index in [9.17, 15) is 0 Å². The number of hydrogen-bond acceptors (Lipinski definition) is 4. The summed E-state index contributed by atoms with van der Waals surface area (Å²) < 4.78 is 8.88. The molecule has 11 rings (SSSR count). The van der Waals surface area contributed by atoms with E-state index in [4.69, 9.17) is 14.4 Å². The van der Waals surface area contributed by atoms with Gasteiger partial charge in [0.05, 0.1) is 30.5 Å². The number of fused-ring (bicyclic) bond motifs is 5. The van der Waals surface area contributed by atoms with Crippen LogP contribution in [0.5, 0.6) is 0 Å². The summed E-state index contributed by atoms with van der Waals surface area (Å²) in [7, 11) is -1.36. The summed E-state index contributed by atoms with van der Waals surface area (Å²) >= 11 is 0. The summed E-state index contributed by atoms with van der Waals surface area (Å²) in [6.45, 7) is 18.5. The standard InChI is InChI=1S/C41H34N3O.C21H28NSi.Ir/c1-24(2)32-20-30(29-16-15-27-10-6-7-11-28(27)19-29)21-33(25(3)4)39(32)44-37-13-9-8-12-36(37)43-41(44)35-23-42-22-34-31-17-14-26(5)18-38(31)45-40(34)35;1-23(2,3)21-16-22-20(18-12-8-5-9-13-18)15-19(21)14-17-10-6-4-7-11-17;/h6-22,24-25H,1-5H3;5,8-9,12,15-17H,4,6-7,10-11,14H2,1-3H3;/q2*-1;. The van der Waals surface area contributed by atoms with Gasteiger partial charge in [-0.15, -0.1) is 35.9 Å². The van der Waals surface area contributed by atoms with Gasteiger partial charge in [0.15, 0.2) is 0 Å². The van der Waals surface area contributed by atoms with Crippen molar-refractivity contribution in [2.75, 3.05) is 0 Å². The third-order valence-electron chi connectivity index (χ3n) is 14.0. The Balaban J connectivity index is 0.000000209. The molecule has 1 saturated carbocycles. The van der Waals surface area contributed by atoms with E-state index in [-0.39, 0.29) is 31.9 Å². The third-order valence-corrected chi connectivity index (χ3v) is 16.1. The molecule has 1 fully saturated rings. The zero-order chi connectivity index (χ0) is 47.1. The van der Waals surface area contributed by atoms with Gasteiger partial charge in [-0.1, -0.05) is 152 Å². The maximum absolute atomic E-state index is 6.55. The molecule has 0 amide bonds. The molecule has 0 saturated heterocycles. The van der Waals surface area contributed by atoms with Gasteiger partial charge in [0.2, 0.25) is 0 Å². The van der Waals surface area contributed by atoms with Gasteiger partial charge in [0.25, 0.3) is 0 Å². The van der Waals surface area contributed by atoms with Crippen molar-refractivity contribution in [1.29, 1.82) is 0 Å². The molecule has 1 aliphatic carbocycles. The number of imidazole rings is 1. The summed E-state index contributed by atoms with van der Waals surface area (Å²) in [5, 5.41) is 6.06. The monoisotopic (exact) mass is 1100 g/mol. The molecule has 6 aromatic carbocycles. The first-order chi connectivity index (χ1) is 32.9. The Hall–Kier alpha value is -5.98. The maximum atomic E-state index is 6.55. The van der Waals surface area contributed by atoms with E-state index in [0.29, 0.717) is 0 Å². The van der Waals surface area contributed by atoms with E-state index in [2.05, 4.69) is 191 Å². The second kappa shape index (κ2) is 20.2. The first kappa shape index (κ1) is 48.1. The van der Waals surface area contributed by atoms with E-state index in [1.54, 1.807) is 10.8 Å². The van der Waals surface area contributed by atoms with Gasteiger partial charge in [-0.3, -0.25) is 4.98 Å². The molecular weight excluding hydrogens is 1040 g/mol. The fourth-order valence-corrected chi connectivity index (χ4v) is 12.0. The van der Waals surface area contributed by atoms with Crippen LogP contribution in [-0.2, 0) is 26.5 Å². The number of aryl methyl sites for hydroxylation is 1. The molecular formula is C62H62IrN4OSi-2. The molecule has 4 heterocycles. The maximum Gasteiger partial charge on any atom is 0.121 e. The molecule has 0 N–H and O–H groups in total. The van der Waals surface area contributed by atoms with Crippen LogP contribution in [0.3, 0.4) is 0 Å². The predicted octanol–water partition coefficient (Wildman–Crippen LogP) is 16.4. The molecule has 4 aromatic heterocycles. The Kier molecular flexibility index (Phi) is 14.0. The Bertz CT molecular complexity index is 3400. The molecule has 0 spiro atoms. The summed E-state index contributed by atoms with van der Waals surface area (Å²) in [6, 6.07) is 48.6. The van der Waals surface area contributed by atoms with Crippen molar-refractivity contribution in [3.05, 3.63) is 174 Å². The molecule has 7 heteroatoms. The van der Waals surface area contributed by atoms with E-state index in [0.717, 1.165) is 67.1 Å². The average Bonchev–Trinajstić information content (AvgIpc) is 3.92. The molecule has 0 aliphatic heterocycles. The zero-order valence-electron chi connectivity index (χ0n) is 41.3. The Morgan fingerprint density at radius 1 is 0.725 bits per heavy atom. The number of furan rings is 1. The number of para-hydroxylation sites is 2. The molecule has 5 nitrogen and oxygen atoms in total. The molecule has 0 unspecified atom stereocenters. The largest absolute Gasteiger partial charge is 0.500 e. The minimum atomic E-state index is -1.36. The van der Waals surface area contributed by atoms with E-state index >= 15 is 0 Å². The number of pyridine rings is 2. The van der Waals surface area contributed by atoms with E-state index < -0.39 is 8.07 Å². The van der Waals surface area contributed by atoms with Gasteiger partial charge < -0.3 is 19.0 Å². The van der Waals surface area contributed by atoms with Crippen molar-refractivity contribution in [3.63, 3.8) is 0 Å². The van der Waals surface area contributed by atoms with Crippen molar-refractivity contribution < 1.29 is 24.5 Å². The van der Waals surface area contributed by atoms with Crippen molar-refractivity contribution in [1.82, 2.24) is 19.5 Å². The number of hydrogen-bond donors (Lipinski definition) is 0. The van der Waals surface area contributed by atoms with Crippen molar-refractivity contribution in [2.24, 2.45) is 5.92 Å². The van der Waals surface area contributed by atoms with Crippen molar-refractivity contribution in [2.45, 2.75) is 105 Å². The van der Waals surface area contributed by atoms with Crippen LogP contribution < -0.4 is 5.19 Å². The number of rotatable bonds is 9. The summed E-state index contributed by atoms with van der Waals surface area (Å²) in [5.74, 6) is 2.18. The molecule has 351 valence electrons. The molecule has 69 heavy (non-hydrogen) atoms. The van der Waals surface area contributed by atoms with E-state index in [1.165, 1.54) is 77.2 Å². The van der Waals surface area contributed by atoms with Crippen LogP contribution in [0.1, 0.15) is 93.9 Å². The Morgan fingerprint density at radius 3 is 2.17 bits per heavy atom. The molecule has 1 aliphatic rings. The van der Waals surface area contributed by atoms with Crippen LogP contribution >= 0.6 is 0 Å². The van der Waals surface area contributed by atoms with Crippen LogP contribution in [0.25, 0.3) is 83.2 Å². The minimum absolute atomic E-state index is 0. The SMILES string of the molecule is C[Si](C)(C)c1cnc(-c2[c-]cccc2)cc1CC1CCCCC1.Cc1ccc2c(c1)oc1c(-c3nc4ccccc4n3-c3c(C(C)C)cc(-c4ccc5ccccc5c4)cc3C(C)C)[c-]ncc12.[Ir]. The van der Waals surface area contributed by atoms with Crippen LogP contribution in [-0.4, -0.2) is 27.6 Å². The van der Waals surface area contributed by atoms with Gasteiger partial charge in [-0.05, 0) is 140 Å². The first-order valence-electron chi connectivity index (χ1n) is 24.7. The Morgan fingerprint density at radius 2 is 1.45 bits per heavy atom. The van der Waals surface area contributed by atoms with Crippen LogP contribution in [0, 0.1) is 25.1 Å². The first-order valence-corrected chi connectivity index (χ1v) is 28.2. The van der Waals surface area contributed by atoms with Crippen molar-refractivity contribution >= 4 is 57.0 Å². The second-order valence-corrected chi connectivity index (χ2v) is 25.7. The minimum Gasteiger partial charge on any atom is -0.500 e. The Labute approximate surface area is 422 Å². The van der Waals surface area contributed by atoms with Gasteiger partial charge in [-0.2, -0.15) is 0 Å². The number of aromatic nitrogens is 4. The van der Waals surface area contributed by atoms with Gasteiger partial charge >= 0.3 is 0 Å². The van der Waals surface area contributed by atoms with Gasteiger partial charge in [0, 0.05) is 37.4 Å². The summed E-state index contributed by atoms with van der Waals surface area (Å²) in [6.07, 6.45) is 15.6. The molecule has 1 radical (unpaired) electrons. The van der Waals surface area contributed by atoms with E-state index in [1.807, 2.05) is 24.4 Å². The topological polar surface area (TPSA) is 56.7 Å². The normalized spacial score (nSPS) is 13.4. The number of benzene rings is 6. The summed E-state index contributed by atoms with van der Waals surface area (Å²) in [5.41, 5.74) is 15.4. The van der Waals surface area contributed by atoms with Crippen LogP contribution in [0.4, 0.5) is 0 Å². The van der Waals surface area contributed by atoms with Gasteiger partial charge in [-0.25, -0.2) is 0 Å². The number of nitrogens with zero attached hydrogens (tertiary/aromatic N) is 4. The molecule has 0 bridgehead atoms. The third kappa shape index (κ3) is 9.79. The zero-order valence-corrected chi connectivity index (χ0v) is 44.7. The van der Waals surface area contributed by atoms with Gasteiger partial charge in [0.1, 0.15) is 5.58 Å². The smallest absolute Gasteiger partial charge is 0.121 e. The molecule has 0 atom stereocenters. The van der Waals surface area contributed by atoms with Crippen LogP contribution in [0.2, 0.25) is 19.6 Å². The fraction of sp³-hybridized carbons (Fsp3) is 0.274. The summed E-state index contributed by atoms with van der Waals surface area (Å²) in [4.78, 5) is 14.6. The second-order valence-electron chi connectivity index (χ2n) is 20.7. The molecule has 10 aromatic rings. The van der Waals surface area contributed by atoms with Crippen molar-refractivity contribution in [3.8, 4) is 39.5 Å². The predicted molar refractivity (Wildman–Crippen MR) is 288 cm³/mol.